The SMILES string of the molecule is CN(C)C(CC(=O)NCc1ccn(Cc2ccccc2)n1)c1ccccc1. The molecule has 5 heteroatoms. The van der Waals surface area contributed by atoms with Crippen molar-refractivity contribution in [2.45, 2.75) is 25.6 Å². The number of hydrogen-bond acceptors (Lipinski definition) is 3. The minimum absolute atomic E-state index is 0.0233. The summed E-state index contributed by atoms with van der Waals surface area (Å²) in [6, 6.07) is 22.3. The van der Waals surface area contributed by atoms with Crippen molar-refractivity contribution in [3.8, 4) is 0 Å². The topological polar surface area (TPSA) is 50.2 Å². The number of nitrogens with zero attached hydrogens (tertiary/aromatic N) is 3. The van der Waals surface area contributed by atoms with E-state index in [1.807, 2.05) is 67.4 Å². The molecule has 1 N–H and O–H groups in total. The standard InChI is InChI=1S/C22H26N4O/c1-25(2)21(19-11-7-4-8-12-19)15-22(27)23-16-20-13-14-26(24-20)17-18-9-5-3-6-10-18/h3-14,21H,15-17H2,1-2H3,(H,23,27). The second kappa shape index (κ2) is 9.14. The smallest absolute Gasteiger partial charge is 0.222 e. The number of benzene rings is 2. The lowest BCUT2D eigenvalue weighted by Gasteiger charge is -2.24. The lowest BCUT2D eigenvalue weighted by molar-refractivity contribution is -0.122. The fourth-order valence-electron chi connectivity index (χ4n) is 3.07. The maximum absolute atomic E-state index is 12.4. The van der Waals surface area contributed by atoms with Crippen LogP contribution in [0.2, 0.25) is 0 Å². The summed E-state index contributed by atoms with van der Waals surface area (Å²) in [5, 5.41) is 7.53. The van der Waals surface area contributed by atoms with E-state index in [1.54, 1.807) is 0 Å². The summed E-state index contributed by atoms with van der Waals surface area (Å²) in [7, 11) is 3.99. The van der Waals surface area contributed by atoms with Crippen LogP contribution in [-0.4, -0.2) is 34.7 Å². The van der Waals surface area contributed by atoms with Crippen LogP contribution < -0.4 is 5.32 Å². The zero-order chi connectivity index (χ0) is 19.1. The molecule has 0 aliphatic carbocycles. The van der Waals surface area contributed by atoms with Crippen LogP contribution in [0.1, 0.15) is 29.3 Å². The third-order valence-corrected chi connectivity index (χ3v) is 4.54. The molecule has 3 aromatic rings. The predicted octanol–water partition coefficient (Wildman–Crippen LogP) is 3.24. The fourth-order valence-corrected chi connectivity index (χ4v) is 3.07. The number of carbonyl (C=O) groups excluding carboxylic acids is 1. The van der Waals surface area contributed by atoms with Crippen molar-refractivity contribution in [1.29, 1.82) is 0 Å². The molecule has 1 atom stereocenters. The molecule has 27 heavy (non-hydrogen) atoms. The Balaban J connectivity index is 1.53. The van der Waals surface area contributed by atoms with Crippen molar-refractivity contribution in [3.63, 3.8) is 0 Å². The Labute approximate surface area is 160 Å². The number of hydrogen-bond donors (Lipinski definition) is 1. The van der Waals surface area contributed by atoms with Gasteiger partial charge in [0.15, 0.2) is 0 Å². The molecule has 1 aromatic heterocycles. The number of carbonyl (C=O) groups is 1. The molecular formula is C22H26N4O. The molecule has 1 amide bonds. The molecule has 0 saturated heterocycles. The maximum atomic E-state index is 12.4. The molecule has 5 nitrogen and oxygen atoms in total. The van der Waals surface area contributed by atoms with Gasteiger partial charge in [-0.25, -0.2) is 0 Å². The maximum Gasteiger partial charge on any atom is 0.222 e. The van der Waals surface area contributed by atoms with Crippen LogP contribution in [0.4, 0.5) is 0 Å². The molecule has 0 saturated carbocycles. The highest BCUT2D eigenvalue weighted by atomic mass is 16.1. The Morgan fingerprint density at radius 3 is 2.37 bits per heavy atom. The number of aromatic nitrogens is 2. The average molecular weight is 362 g/mol. The van der Waals surface area contributed by atoms with E-state index in [4.69, 9.17) is 0 Å². The van der Waals surface area contributed by atoms with Gasteiger partial charge < -0.3 is 10.2 Å². The van der Waals surface area contributed by atoms with Gasteiger partial charge in [-0.1, -0.05) is 60.7 Å². The second-order valence-electron chi connectivity index (χ2n) is 6.86. The summed E-state index contributed by atoms with van der Waals surface area (Å²) in [6.07, 6.45) is 2.36. The van der Waals surface area contributed by atoms with Gasteiger partial charge in [-0.2, -0.15) is 5.10 Å². The fraction of sp³-hybridized carbons (Fsp3) is 0.273. The Morgan fingerprint density at radius 2 is 1.70 bits per heavy atom. The van der Waals surface area contributed by atoms with Crippen molar-refractivity contribution < 1.29 is 4.79 Å². The van der Waals surface area contributed by atoms with Gasteiger partial charge in [0.2, 0.25) is 5.91 Å². The van der Waals surface area contributed by atoms with Gasteiger partial charge >= 0.3 is 0 Å². The zero-order valence-electron chi connectivity index (χ0n) is 15.9. The Bertz CT molecular complexity index is 843. The highest BCUT2D eigenvalue weighted by Gasteiger charge is 2.18. The van der Waals surface area contributed by atoms with Crippen molar-refractivity contribution in [1.82, 2.24) is 20.0 Å². The first-order valence-electron chi connectivity index (χ1n) is 9.16. The van der Waals surface area contributed by atoms with Crippen LogP contribution in [0.15, 0.2) is 72.9 Å². The van der Waals surface area contributed by atoms with Crippen molar-refractivity contribution in [3.05, 3.63) is 89.7 Å². The van der Waals surface area contributed by atoms with Gasteiger partial charge in [0.05, 0.1) is 18.8 Å². The second-order valence-corrected chi connectivity index (χ2v) is 6.86. The van der Waals surface area contributed by atoms with Gasteiger partial charge in [-0.3, -0.25) is 9.48 Å². The van der Waals surface area contributed by atoms with E-state index in [0.29, 0.717) is 13.0 Å². The molecule has 0 bridgehead atoms. The van der Waals surface area contributed by atoms with E-state index in [1.165, 1.54) is 5.56 Å². The molecule has 0 fully saturated rings. The quantitative estimate of drug-likeness (QED) is 0.669. The highest BCUT2D eigenvalue weighted by molar-refractivity contribution is 5.76. The minimum atomic E-state index is 0.0233. The molecule has 0 aliphatic heterocycles. The first-order chi connectivity index (χ1) is 13.1. The van der Waals surface area contributed by atoms with Crippen LogP contribution in [0.25, 0.3) is 0 Å². The van der Waals surface area contributed by atoms with Gasteiger partial charge in [-0.05, 0) is 31.3 Å². The van der Waals surface area contributed by atoms with Crippen LogP contribution in [-0.2, 0) is 17.9 Å². The molecule has 140 valence electrons. The van der Waals surface area contributed by atoms with Crippen LogP contribution in [0.5, 0.6) is 0 Å². The molecule has 1 unspecified atom stereocenters. The van der Waals surface area contributed by atoms with E-state index in [-0.39, 0.29) is 11.9 Å². The molecule has 0 aliphatic rings. The lowest BCUT2D eigenvalue weighted by atomic mass is 10.0. The van der Waals surface area contributed by atoms with Gasteiger partial charge in [0, 0.05) is 18.7 Å². The van der Waals surface area contributed by atoms with Gasteiger partial charge in [0.1, 0.15) is 0 Å². The first-order valence-corrected chi connectivity index (χ1v) is 9.16. The van der Waals surface area contributed by atoms with Crippen LogP contribution in [0.3, 0.4) is 0 Å². The Hall–Kier alpha value is -2.92. The van der Waals surface area contributed by atoms with Crippen LogP contribution in [0, 0.1) is 0 Å². The number of amides is 1. The van der Waals surface area contributed by atoms with Crippen molar-refractivity contribution >= 4 is 5.91 Å². The zero-order valence-corrected chi connectivity index (χ0v) is 15.9. The molecule has 0 spiro atoms. The number of rotatable bonds is 8. The summed E-state index contributed by atoms with van der Waals surface area (Å²) < 4.78 is 1.89. The molecule has 0 radical (unpaired) electrons. The number of nitrogens with one attached hydrogen (secondary N) is 1. The third-order valence-electron chi connectivity index (χ3n) is 4.54. The summed E-state index contributed by atoms with van der Waals surface area (Å²) in [6.45, 7) is 1.17. The average Bonchev–Trinajstić information content (AvgIpc) is 3.13. The predicted molar refractivity (Wildman–Crippen MR) is 107 cm³/mol. The van der Waals surface area contributed by atoms with E-state index >= 15 is 0 Å². The Morgan fingerprint density at radius 1 is 1.04 bits per heavy atom. The summed E-state index contributed by atoms with van der Waals surface area (Å²) in [4.78, 5) is 14.5. The van der Waals surface area contributed by atoms with E-state index in [9.17, 15) is 4.79 Å². The molecule has 3 rings (SSSR count). The first kappa shape index (κ1) is 18.9. The third kappa shape index (κ3) is 5.53. The van der Waals surface area contributed by atoms with Gasteiger partial charge in [-0.15, -0.1) is 0 Å². The summed E-state index contributed by atoms with van der Waals surface area (Å²) in [5.41, 5.74) is 3.21. The van der Waals surface area contributed by atoms with Crippen molar-refractivity contribution in [2.24, 2.45) is 0 Å². The van der Waals surface area contributed by atoms with Crippen LogP contribution >= 0.6 is 0 Å². The molecular weight excluding hydrogens is 336 g/mol. The monoisotopic (exact) mass is 362 g/mol. The van der Waals surface area contributed by atoms with E-state index in [2.05, 4.69) is 39.6 Å². The highest BCUT2D eigenvalue weighted by Crippen LogP contribution is 2.21. The normalized spacial score (nSPS) is 12.1. The molecule has 2 aromatic carbocycles. The minimum Gasteiger partial charge on any atom is -0.350 e. The lowest BCUT2D eigenvalue weighted by Crippen LogP contribution is -2.29. The summed E-state index contributed by atoms with van der Waals surface area (Å²) >= 11 is 0. The van der Waals surface area contributed by atoms with Crippen molar-refractivity contribution in [2.75, 3.05) is 14.1 Å². The van der Waals surface area contributed by atoms with Gasteiger partial charge in [0.25, 0.3) is 0 Å². The van der Waals surface area contributed by atoms with E-state index < -0.39 is 0 Å². The Kier molecular flexibility index (Phi) is 6.39. The summed E-state index contributed by atoms with van der Waals surface area (Å²) in [5.74, 6) is 0.0233. The van der Waals surface area contributed by atoms with E-state index in [0.717, 1.165) is 17.8 Å². The molecule has 1 heterocycles. The largest absolute Gasteiger partial charge is 0.350 e.